The van der Waals surface area contributed by atoms with Crippen LogP contribution < -0.4 is 5.32 Å². The third-order valence-electron chi connectivity index (χ3n) is 4.91. The van der Waals surface area contributed by atoms with Gasteiger partial charge >= 0.3 is 0 Å². The van der Waals surface area contributed by atoms with Crippen LogP contribution in [0.1, 0.15) is 29.6 Å². The summed E-state index contributed by atoms with van der Waals surface area (Å²) in [6.07, 6.45) is 3.07. The summed E-state index contributed by atoms with van der Waals surface area (Å²) < 4.78 is 29.1. The Morgan fingerprint density at radius 3 is 2.56 bits per heavy atom. The second-order valence-corrected chi connectivity index (χ2v) is 8.54. The summed E-state index contributed by atoms with van der Waals surface area (Å²) in [6.45, 7) is 1.94. The molecule has 2 saturated heterocycles. The molecule has 2 aliphatic rings. The minimum Gasteiger partial charge on any atom is -0.384 e. The summed E-state index contributed by atoms with van der Waals surface area (Å²) in [4.78, 5) is 15.1. The molecule has 2 atom stereocenters. The number of hydrogen-bond acceptors (Lipinski definition) is 5. The third kappa shape index (κ3) is 4.34. The molecule has 3 rings (SSSR count). The monoisotopic (exact) mass is 388 g/mol. The summed E-state index contributed by atoms with van der Waals surface area (Å²) >= 11 is 0. The molecule has 2 fully saturated rings. The summed E-state index contributed by atoms with van der Waals surface area (Å²) in [5, 5.41) is 3.38. The summed E-state index contributed by atoms with van der Waals surface area (Å²) in [7, 11) is -1.89. The van der Waals surface area contributed by atoms with Crippen molar-refractivity contribution in [3.8, 4) is 0 Å². The lowest BCUT2D eigenvalue weighted by atomic mass is 10.1. The van der Waals surface area contributed by atoms with E-state index in [1.807, 2.05) is 4.90 Å². The minimum atomic E-state index is -3.36. The molecule has 0 aromatic heterocycles. The van der Waals surface area contributed by atoms with Crippen molar-refractivity contribution in [2.24, 2.45) is 0 Å². The number of sulfone groups is 1. The maximum Gasteiger partial charge on any atom is 0.254 e. The van der Waals surface area contributed by atoms with Gasteiger partial charge in [-0.1, -0.05) is 0 Å². The van der Waals surface area contributed by atoms with E-state index in [4.69, 9.17) is 4.74 Å². The van der Waals surface area contributed by atoms with E-state index in [0.717, 1.165) is 32.4 Å². The number of ether oxygens (including phenoxy) is 1. The Balaban J connectivity index is 0.00000225. The molecule has 6 nitrogen and oxygen atoms in total. The van der Waals surface area contributed by atoms with Gasteiger partial charge in [-0.3, -0.25) is 4.79 Å². The minimum absolute atomic E-state index is 0. The first-order valence-electron chi connectivity index (χ1n) is 8.38. The van der Waals surface area contributed by atoms with Gasteiger partial charge in [0.2, 0.25) is 0 Å². The van der Waals surface area contributed by atoms with E-state index in [0.29, 0.717) is 11.6 Å². The molecular formula is C17H25ClN2O4S. The highest BCUT2D eigenvalue weighted by molar-refractivity contribution is 7.91. The number of carbonyl (C=O) groups is 1. The molecule has 140 valence electrons. The lowest BCUT2D eigenvalue weighted by Gasteiger charge is -2.28. The Morgan fingerprint density at radius 1 is 1.20 bits per heavy atom. The van der Waals surface area contributed by atoms with Gasteiger partial charge in [0.1, 0.15) is 0 Å². The van der Waals surface area contributed by atoms with Crippen LogP contribution in [0.2, 0.25) is 0 Å². The molecular weight excluding hydrogens is 364 g/mol. The molecule has 0 aliphatic carbocycles. The topological polar surface area (TPSA) is 75.7 Å². The van der Waals surface area contributed by atoms with E-state index in [2.05, 4.69) is 5.32 Å². The van der Waals surface area contributed by atoms with Crippen LogP contribution in [0.3, 0.4) is 0 Å². The summed E-state index contributed by atoms with van der Waals surface area (Å²) in [6, 6.07) is 6.84. The number of carbonyl (C=O) groups excluding carboxylic acids is 1. The Morgan fingerprint density at radius 2 is 1.88 bits per heavy atom. The largest absolute Gasteiger partial charge is 0.384 e. The van der Waals surface area contributed by atoms with E-state index in [-0.39, 0.29) is 41.6 Å². The molecule has 2 bridgehead atoms. The Bertz CT molecular complexity index is 679. The van der Waals surface area contributed by atoms with Crippen LogP contribution in [0.25, 0.3) is 0 Å². The molecule has 0 spiro atoms. The number of hydrogen-bond donors (Lipinski definition) is 1. The van der Waals surface area contributed by atoms with Gasteiger partial charge in [-0.05, 0) is 50.1 Å². The molecule has 2 aliphatic heterocycles. The van der Waals surface area contributed by atoms with E-state index in [1.165, 1.54) is 19.2 Å². The van der Waals surface area contributed by atoms with E-state index >= 15 is 0 Å². The second-order valence-electron chi connectivity index (χ2n) is 6.43. The summed E-state index contributed by atoms with van der Waals surface area (Å²) in [5.74, 6) is -0.0503. The van der Waals surface area contributed by atoms with Gasteiger partial charge in [0, 0.05) is 31.3 Å². The third-order valence-corrected chi connectivity index (χ3v) is 6.60. The first-order chi connectivity index (χ1) is 11.5. The lowest BCUT2D eigenvalue weighted by molar-refractivity contribution is 0.0680. The molecule has 2 heterocycles. The van der Waals surface area contributed by atoms with Crippen LogP contribution in [0.15, 0.2) is 29.2 Å². The van der Waals surface area contributed by atoms with Gasteiger partial charge in [-0.2, -0.15) is 0 Å². The fraction of sp³-hybridized carbons (Fsp3) is 0.588. The van der Waals surface area contributed by atoms with Crippen LogP contribution in [0.5, 0.6) is 0 Å². The fourth-order valence-electron chi connectivity index (χ4n) is 3.58. The van der Waals surface area contributed by atoms with Crippen LogP contribution in [-0.2, 0) is 14.6 Å². The molecule has 8 heteroatoms. The zero-order chi connectivity index (χ0) is 17.2. The van der Waals surface area contributed by atoms with Crippen LogP contribution in [0, 0.1) is 0 Å². The van der Waals surface area contributed by atoms with Crippen molar-refractivity contribution in [3.05, 3.63) is 29.8 Å². The van der Waals surface area contributed by atoms with Crippen LogP contribution in [0.4, 0.5) is 0 Å². The molecule has 1 aromatic rings. The maximum atomic E-state index is 12.9. The highest BCUT2D eigenvalue weighted by atomic mass is 35.5. The maximum absolute atomic E-state index is 12.9. The molecule has 25 heavy (non-hydrogen) atoms. The number of methoxy groups -OCH3 is 1. The highest BCUT2D eigenvalue weighted by Gasteiger charge is 2.38. The second kappa shape index (κ2) is 8.49. The highest BCUT2D eigenvalue weighted by Crippen LogP contribution is 2.29. The van der Waals surface area contributed by atoms with E-state index in [9.17, 15) is 13.2 Å². The molecule has 1 N–H and O–H groups in total. The lowest BCUT2D eigenvalue weighted by Crippen LogP contribution is -2.42. The number of halogens is 1. The van der Waals surface area contributed by atoms with Crippen molar-refractivity contribution >= 4 is 28.2 Å². The predicted octanol–water partition coefficient (Wildman–Crippen LogP) is 1.49. The Labute approximate surface area is 155 Å². The van der Waals surface area contributed by atoms with Crippen molar-refractivity contribution in [2.45, 2.75) is 36.2 Å². The van der Waals surface area contributed by atoms with Crippen molar-refractivity contribution in [3.63, 3.8) is 0 Å². The van der Waals surface area contributed by atoms with Crippen molar-refractivity contribution in [2.75, 3.05) is 32.6 Å². The van der Waals surface area contributed by atoms with Gasteiger partial charge in [0.05, 0.1) is 17.3 Å². The molecule has 1 amide bonds. The molecule has 2 unspecified atom stereocenters. The number of benzene rings is 1. The standard InChI is InChI=1S/C17H24N2O4S.ClH/c1-23-10-11-24(21,22)16-6-2-13(3-7-16)17(20)19-14-4-5-15(19)12-18-9-8-14;/h2-3,6-7,14-15,18H,4-5,8-12H2,1H3;1H. The Hall–Kier alpha value is -1.15. The zero-order valence-electron chi connectivity index (χ0n) is 14.3. The quantitative estimate of drug-likeness (QED) is 0.827. The molecule has 1 aromatic carbocycles. The number of fused-ring (bicyclic) bond motifs is 2. The number of nitrogens with zero attached hydrogens (tertiary/aromatic N) is 1. The van der Waals surface area contributed by atoms with Crippen LogP contribution >= 0.6 is 12.4 Å². The van der Waals surface area contributed by atoms with Crippen molar-refractivity contribution < 1.29 is 17.9 Å². The predicted molar refractivity (Wildman–Crippen MR) is 98.1 cm³/mol. The molecule has 0 radical (unpaired) electrons. The average Bonchev–Trinajstić information content (AvgIpc) is 2.85. The van der Waals surface area contributed by atoms with E-state index < -0.39 is 9.84 Å². The van der Waals surface area contributed by atoms with Gasteiger partial charge in [0.25, 0.3) is 5.91 Å². The van der Waals surface area contributed by atoms with Gasteiger partial charge in [-0.25, -0.2) is 8.42 Å². The number of amides is 1. The first kappa shape index (κ1) is 20.2. The summed E-state index contributed by atoms with van der Waals surface area (Å²) in [5.41, 5.74) is 0.555. The van der Waals surface area contributed by atoms with E-state index in [1.54, 1.807) is 12.1 Å². The Kier molecular flexibility index (Phi) is 6.85. The SMILES string of the molecule is COCCS(=O)(=O)c1ccc(C(=O)N2C3CCNCC2CC3)cc1.Cl. The zero-order valence-corrected chi connectivity index (χ0v) is 15.9. The van der Waals surface area contributed by atoms with Gasteiger partial charge in [0.15, 0.2) is 9.84 Å². The normalized spacial score (nSPS) is 23.0. The van der Waals surface area contributed by atoms with Crippen molar-refractivity contribution in [1.82, 2.24) is 10.2 Å². The van der Waals surface area contributed by atoms with Crippen molar-refractivity contribution in [1.29, 1.82) is 0 Å². The average molecular weight is 389 g/mol. The van der Waals surface area contributed by atoms with Crippen LogP contribution in [-0.4, -0.2) is 63.9 Å². The fourth-order valence-corrected chi connectivity index (χ4v) is 4.75. The smallest absolute Gasteiger partial charge is 0.254 e. The first-order valence-corrected chi connectivity index (χ1v) is 10.0. The van der Waals surface area contributed by atoms with Gasteiger partial charge in [-0.15, -0.1) is 12.4 Å². The number of nitrogens with one attached hydrogen (secondary N) is 1. The number of rotatable bonds is 5. The van der Waals surface area contributed by atoms with Gasteiger partial charge < -0.3 is 15.0 Å². The molecule has 0 saturated carbocycles.